The predicted octanol–water partition coefficient (Wildman–Crippen LogP) is 2.76. The molecule has 1 heterocycles. The van der Waals surface area contributed by atoms with Crippen molar-refractivity contribution in [1.29, 1.82) is 0 Å². The van der Waals surface area contributed by atoms with E-state index in [-0.39, 0.29) is 5.91 Å². The van der Waals surface area contributed by atoms with Crippen LogP contribution in [0.25, 0.3) is 0 Å². The first-order valence-electron chi connectivity index (χ1n) is 6.64. The van der Waals surface area contributed by atoms with Gasteiger partial charge in [0.1, 0.15) is 0 Å². The highest BCUT2D eigenvalue weighted by molar-refractivity contribution is 7.12. The Hall–Kier alpha value is -0.870. The first kappa shape index (κ1) is 13.6. The molecule has 1 fully saturated rings. The van der Waals surface area contributed by atoms with Gasteiger partial charge in [-0.1, -0.05) is 6.07 Å². The summed E-state index contributed by atoms with van der Waals surface area (Å²) in [6.45, 7) is 0.291. The molecule has 0 unspecified atom stereocenters. The van der Waals surface area contributed by atoms with Gasteiger partial charge in [-0.15, -0.1) is 11.3 Å². The molecule has 0 atom stereocenters. The van der Waals surface area contributed by atoms with E-state index in [9.17, 15) is 4.79 Å². The SMILES string of the molecule is CN(C(=O)c1cccs1)C1CCC(CCO)CC1. The molecule has 1 aliphatic carbocycles. The van der Waals surface area contributed by atoms with Crippen molar-refractivity contribution >= 4 is 17.2 Å². The van der Waals surface area contributed by atoms with Gasteiger partial charge >= 0.3 is 0 Å². The van der Waals surface area contributed by atoms with Gasteiger partial charge in [0.25, 0.3) is 5.91 Å². The standard InChI is InChI=1S/C14H21NO2S/c1-15(14(17)13-3-2-10-18-13)12-6-4-11(5-7-12)8-9-16/h2-3,10-12,16H,4-9H2,1H3. The fraction of sp³-hybridized carbons (Fsp3) is 0.643. The Labute approximate surface area is 112 Å². The Balaban J connectivity index is 1.87. The van der Waals surface area contributed by atoms with Crippen LogP contribution in [0.1, 0.15) is 41.8 Å². The molecule has 0 bridgehead atoms. The van der Waals surface area contributed by atoms with Crippen LogP contribution in [0.4, 0.5) is 0 Å². The third kappa shape index (κ3) is 3.12. The molecule has 0 aromatic carbocycles. The summed E-state index contributed by atoms with van der Waals surface area (Å²) in [6, 6.07) is 4.18. The summed E-state index contributed by atoms with van der Waals surface area (Å²) in [4.78, 5) is 14.9. The van der Waals surface area contributed by atoms with Crippen molar-refractivity contribution in [3.05, 3.63) is 22.4 Å². The minimum absolute atomic E-state index is 0.149. The van der Waals surface area contributed by atoms with Crippen LogP contribution in [-0.2, 0) is 0 Å². The summed E-state index contributed by atoms with van der Waals surface area (Å²) in [7, 11) is 1.92. The number of hydrogen-bond donors (Lipinski definition) is 1. The third-order valence-corrected chi connectivity index (χ3v) is 4.81. The van der Waals surface area contributed by atoms with E-state index in [4.69, 9.17) is 5.11 Å². The Kier molecular flexibility index (Phi) is 4.78. The van der Waals surface area contributed by atoms with E-state index in [2.05, 4.69) is 0 Å². The number of hydrogen-bond acceptors (Lipinski definition) is 3. The second-order valence-corrected chi connectivity index (χ2v) is 6.03. The van der Waals surface area contributed by atoms with Gasteiger partial charge < -0.3 is 10.0 Å². The second-order valence-electron chi connectivity index (χ2n) is 5.08. The Morgan fingerprint density at radius 3 is 2.72 bits per heavy atom. The number of carbonyl (C=O) groups excluding carboxylic acids is 1. The maximum atomic E-state index is 12.2. The maximum Gasteiger partial charge on any atom is 0.263 e. The van der Waals surface area contributed by atoms with Crippen LogP contribution < -0.4 is 0 Å². The minimum Gasteiger partial charge on any atom is -0.396 e. The zero-order valence-corrected chi connectivity index (χ0v) is 11.7. The van der Waals surface area contributed by atoms with Crippen molar-refractivity contribution in [2.75, 3.05) is 13.7 Å². The molecule has 1 aliphatic rings. The highest BCUT2D eigenvalue weighted by Crippen LogP contribution is 2.29. The highest BCUT2D eigenvalue weighted by atomic mass is 32.1. The third-order valence-electron chi connectivity index (χ3n) is 3.95. The Morgan fingerprint density at radius 2 is 2.17 bits per heavy atom. The van der Waals surface area contributed by atoms with Crippen molar-refractivity contribution in [3.8, 4) is 0 Å². The van der Waals surface area contributed by atoms with Crippen molar-refractivity contribution in [3.63, 3.8) is 0 Å². The molecule has 3 nitrogen and oxygen atoms in total. The predicted molar refractivity (Wildman–Crippen MR) is 73.9 cm³/mol. The summed E-state index contributed by atoms with van der Waals surface area (Å²) in [5.74, 6) is 0.798. The lowest BCUT2D eigenvalue weighted by atomic mass is 9.84. The average molecular weight is 267 g/mol. The number of thiophene rings is 1. The normalized spacial score (nSPS) is 23.9. The number of nitrogens with zero attached hydrogens (tertiary/aromatic N) is 1. The lowest BCUT2D eigenvalue weighted by Gasteiger charge is -2.34. The van der Waals surface area contributed by atoms with Crippen molar-refractivity contribution in [1.82, 2.24) is 4.90 Å². The molecule has 0 saturated heterocycles. The molecule has 1 N–H and O–H groups in total. The average Bonchev–Trinajstić information content (AvgIpc) is 2.92. The molecule has 18 heavy (non-hydrogen) atoms. The van der Waals surface area contributed by atoms with E-state index in [1.807, 2.05) is 29.5 Å². The van der Waals surface area contributed by atoms with Gasteiger partial charge in [0.15, 0.2) is 0 Å². The lowest BCUT2D eigenvalue weighted by Crippen LogP contribution is -2.39. The van der Waals surface area contributed by atoms with Gasteiger partial charge in [0.05, 0.1) is 4.88 Å². The smallest absolute Gasteiger partial charge is 0.263 e. The molecule has 100 valence electrons. The largest absolute Gasteiger partial charge is 0.396 e. The van der Waals surface area contributed by atoms with E-state index < -0.39 is 0 Å². The molecule has 1 saturated carbocycles. The van der Waals surface area contributed by atoms with Gasteiger partial charge in [-0.3, -0.25) is 4.79 Å². The summed E-state index contributed by atoms with van der Waals surface area (Å²) in [5.41, 5.74) is 0. The number of carbonyl (C=O) groups is 1. The zero-order valence-electron chi connectivity index (χ0n) is 10.8. The Bertz CT molecular complexity index is 369. The van der Waals surface area contributed by atoms with Gasteiger partial charge in [-0.2, -0.15) is 0 Å². The summed E-state index contributed by atoms with van der Waals surface area (Å²) < 4.78 is 0. The molecule has 1 amide bonds. The van der Waals surface area contributed by atoms with Crippen LogP contribution >= 0.6 is 11.3 Å². The van der Waals surface area contributed by atoms with E-state index in [0.29, 0.717) is 18.6 Å². The van der Waals surface area contributed by atoms with Crippen LogP contribution in [-0.4, -0.2) is 35.6 Å². The van der Waals surface area contributed by atoms with Crippen LogP contribution in [0.2, 0.25) is 0 Å². The molecule has 4 heteroatoms. The van der Waals surface area contributed by atoms with E-state index in [1.54, 1.807) is 0 Å². The van der Waals surface area contributed by atoms with Crippen LogP contribution in [0, 0.1) is 5.92 Å². The fourth-order valence-electron chi connectivity index (χ4n) is 2.74. The molecule has 2 rings (SSSR count). The maximum absolute atomic E-state index is 12.2. The molecule has 0 spiro atoms. The number of rotatable bonds is 4. The Morgan fingerprint density at radius 1 is 1.44 bits per heavy atom. The topological polar surface area (TPSA) is 40.5 Å². The number of amides is 1. The van der Waals surface area contributed by atoms with E-state index >= 15 is 0 Å². The monoisotopic (exact) mass is 267 g/mol. The summed E-state index contributed by atoms with van der Waals surface area (Å²) in [6.07, 6.45) is 5.31. The summed E-state index contributed by atoms with van der Waals surface area (Å²) in [5, 5.41) is 10.9. The van der Waals surface area contributed by atoms with Crippen molar-refractivity contribution in [2.45, 2.75) is 38.1 Å². The second kappa shape index (κ2) is 6.34. The molecular weight excluding hydrogens is 246 g/mol. The summed E-state index contributed by atoms with van der Waals surface area (Å²) >= 11 is 1.51. The molecule has 1 aromatic rings. The molecular formula is C14H21NO2S. The fourth-order valence-corrected chi connectivity index (χ4v) is 3.45. The lowest BCUT2D eigenvalue weighted by molar-refractivity contribution is 0.0672. The minimum atomic E-state index is 0.149. The molecule has 1 aromatic heterocycles. The van der Waals surface area contributed by atoms with Crippen LogP contribution in [0.3, 0.4) is 0 Å². The highest BCUT2D eigenvalue weighted by Gasteiger charge is 2.26. The van der Waals surface area contributed by atoms with Crippen LogP contribution in [0.15, 0.2) is 17.5 Å². The van der Waals surface area contributed by atoms with Gasteiger partial charge in [0.2, 0.25) is 0 Å². The van der Waals surface area contributed by atoms with E-state index in [0.717, 1.165) is 37.0 Å². The zero-order chi connectivity index (χ0) is 13.0. The van der Waals surface area contributed by atoms with Gasteiger partial charge in [0, 0.05) is 19.7 Å². The van der Waals surface area contributed by atoms with Gasteiger partial charge in [-0.05, 0) is 49.5 Å². The first-order chi connectivity index (χ1) is 8.72. The van der Waals surface area contributed by atoms with Crippen LogP contribution in [0.5, 0.6) is 0 Å². The van der Waals surface area contributed by atoms with E-state index in [1.165, 1.54) is 11.3 Å². The van der Waals surface area contributed by atoms with Gasteiger partial charge in [-0.25, -0.2) is 0 Å². The molecule has 0 aliphatic heterocycles. The first-order valence-corrected chi connectivity index (χ1v) is 7.52. The van der Waals surface area contributed by atoms with Crippen molar-refractivity contribution < 1.29 is 9.90 Å². The number of aliphatic hydroxyl groups excluding tert-OH is 1. The quantitative estimate of drug-likeness (QED) is 0.911. The van der Waals surface area contributed by atoms with Crippen molar-refractivity contribution in [2.24, 2.45) is 5.92 Å². The molecule has 0 radical (unpaired) electrons. The number of aliphatic hydroxyl groups is 1.